The molecule has 4 nitrogen and oxygen atoms in total. The summed E-state index contributed by atoms with van der Waals surface area (Å²) in [6, 6.07) is 8.05. The molecule has 21 heavy (non-hydrogen) atoms. The number of para-hydroxylation sites is 2. The predicted octanol–water partition coefficient (Wildman–Crippen LogP) is 3.13. The van der Waals surface area contributed by atoms with E-state index in [2.05, 4.69) is 22.5 Å². The van der Waals surface area contributed by atoms with Crippen LogP contribution in [0.15, 0.2) is 24.3 Å². The maximum atomic E-state index is 12.4. The standard InChI is InChI=1S/C17H22N2O2/c1-3-19-15-8-5-4-7-14(15)18-16(19)11-13(20)12-17(21-2)9-6-10-17/h4-5,7-8H,3,6,9-12H2,1-2H3. The van der Waals surface area contributed by atoms with Gasteiger partial charge in [-0.15, -0.1) is 0 Å². The number of methoxy groups -OCH3 is 1. The average molecular weight is 286 g/mol. The fourth-order valence-corrected chi connectivity index (χ4v) is 3.24. The molecule has 112 valence electrons. The molecule has 0 atom stereocenters. The van der Waals surface area contributed by atoms with E-state index in [1.54, 1.807) is 7.11 Å². The molecular formula is C17H22N2O2. The molecule has 0 aliphatic heterocycles. The zero-order valence-corrected chi connectivity index (χ0v) is 12.8. The summed E-state index contributed by atoms with van der Waals surface area (Å²) in [5.74, 6) is 1.09. The van der Waals surface area contributed by atoms with Gasteiger partial charge in [0.15, 0.2) is 0 Å². The summed E-state index contributed by atoms with van der Waals surface area (Å²) in [6.07, 6.45) is 4.07. The van der Waals surface area contributed by atoms with E-state index in [0.29, 0.717) is 12.8 Å². The minimum absolute atomic E-state index is 0.194. The summed E-state index contributed by atoms with van der Waals surface area (Å²) in [5.41, 5.74) is 1.88. The highest BCUT2D eigenvalue weighted by atomic mass is 16.5. The van der Waals surface area contributed by atoms with Gasteiger partial charge in [-0.05, 0) is 38.3 Å². The third kappa shape index (κ3) is 2.60. The Hall–Kier alpha value is -1.68. The van der Waals surface area contributed by atoms with Crippen LogP contribution in [-0.2, 0) is 22.5 Å². The largest absolute Gasteiger partial charge is 0.378 e. The highest BCUT2D eigenvalue weighted by Gasteiger charge is 2.38. The number of hydrogen-bond donors (Lipinski definition) is 0. The average Bonchev–Trinajstić information content (AvgIpc) is 2.79. The summed E-state index contributed by atoms with van der Waals surface area (Å²) in [6.45, 7) is 2.92. The van der Waals surface area contributed by atoms with E-state index in [1.807, 2.05) is 18.2 Å². The van der Waals surface area contributed by atoms with E-state index in [9.17, 15) is 4.79 Å². The zero-order valence-electron chi connectivity index (χ0n) is 12.8. The van der Waals surface area contributed by atoms with Crippen LogP contribution in [0.25, 0.3) is 11.0 Å². The second-order valence-electron chi connectivity index (χ2n) is 5.89. The van der Waals surface area contributed by atoms with Crippen LogP contribution in [0.1, 0.15) is 38.4 Å². The summed E-state index contributed by atoms with van der Waals surface area (Å²) in [7, 11) is 1.72. The minimum atomic E-state index is -0.194. The SMILES string of the molecule is CCn1c(CC(=O)CC2(OC)CCC2)nc2ccccc21. The number of ether oxygens (including phenoxy) is 1. The molecule has 0 bridgehead atoms. The number of carbonyl (C=O) groups excluding carboxylic acids is 1. The number of nitrogens with zero attached hydrogens (tertiary/aromatic N) is 2. The first-order valence-electron chi connectivity index (χ1n) is 7.68. The van der Waals surface area contributed by atoms with Gasteiger partial charge >= 0.3 is 0 Å². The smallest absolute Gasteiger partial charge is 0.143 e. The van der Waals surface area contributed by atoms with Crippen molar-refractivity contribution in [3.8, 4) is 0 Å². The second-order valence-corrected chi connectivity index (χ2v) is 5.89. The van der Waals surface area contributed by atoms with Crippen molar-refractivity contribution in [2.45, 2.75) is 51.2 Å². The molecule has 3 rings (SSSR count). The highest BCUT2D eigenvalue weighted by Crippen LogP contribution is 2.38. The van der Waals surface area contributed by atoms with Gasteiger partial charge in [-0.3, -0.25) is 4.79 Å². The van der Waals surface area contributed by atoms with Gasteiger partial charge in [0, 0.05) is 20.1 Å². The monoisotopic (exact) mass is 286 g/mol. The molecule has 0 saturated heterocycles. The van der Waals surface area contributed by atoms with Crippen molar-refractivity contribution >= 4 is 16.8 Å². The van der Waals surface area contributed by atoms with Crippen LogP contribution in [0, 0.1) is 0 Å². The summed E-state index contributed by atoms with van der Waals surface area (Å²) < 4.78 is 7.68. The normalized spacial score (nSPS) is 16.9. The van der Waals surface area contributed by atoms with Crippen LogP contribution in [0.5, 0.6) is 0 Å². The maximum Gasteiger partial charge on any atom is 0.143 e. The first kappa shape index (κ1) is 14.3. The Morgan fingerprint density at radius 2 is 2.14 bits per heavy atom. The molecule has 1 aliphatic carbocycles. The fraction of sp³-hybridized carbons (Fsp3) is 0.529. The third-order valence-corrected chi connectivity index (χ3v) is 4.62. The first-order valence-corrected chi connectivity index (χ1v) is 7.68. The Labute approximate surface area is 125 Å². The lowest BCUT2D eigenvalue weighted by molar-refractivity contribution is -0.131. The molecule has 1 aliphatic rings. The van der Waals surface area contributed by atoms with Gasteiger partial charge in [0.05, 0.1) is 23.1 Å². The van der Waals surface area contributed by atoms with Crippen molar-refractivity contribution in [2.24, 2.45) is 0 Å². The number of fused-ring (bicyclic) bond motifs is 1. The second kappa shape index (κ2) is 5.60. The van der Waals surface area contributed by atoms with E-state index in [-0.39, 0.29) is 11.4 Å². The molecule has 0 radical (unpaired) electrons. The van der Waals surface area contributed by atoms with E-state index in [1.165, 1.54) is 0 Å². The van der Waals surface area contributed by atoms with Crippen LogP contribution in [0.2, 0.25) is 0 Å². The lowest BCUT2D eigenvalue weighted by atomic mass is 9.76. The summed E-state index contributed by atoms with van der Waals surface area (Å²) in [4.78, 5) is 17.0. The van der Waals surface area contributed by atoms with Gasteiger partial charge < -0.3 is 9.30 Å². The number of rotatable bonds is 6. The maximum absolute atomic E-state index is 12.4. The number of imidazole rings is 1. The van der Waals surface area contributed by atoms with Crippen molar-refractivity contribution in [1.82, 2.24) is 9.55 Å². The number of hydrogen-bond acceptors (Lipinski definition) is 3. The molecule has 1 saturated carbocycles. The minimum Gasteiger partial charge on any atom is -0.378 e. The van der Waals surface area contributed by atoms with Crippen molar-refractivity contribution in [3.05, 3.63) is 30.1 Å². The molecule has 0 amide bonds. The molecule has 1 aromatic carbocycles. The lowest BCUT2D eigenvalue weighted by Crippen LogP contribution is -2.41. The molecule has 1 fully saturated rings. The number of aryl methyl sites for hydroxylation is 1. The van der Waals surface area contributed by atoms with Crippen molar-refractivity contribution in [1.29, 1.82) is 0 Å². The Morgan fingerprint density at radius 1 is 1.38 bits per heavy atom. The Kier molecular flexibility index (Phi) is 3.81. The van der Waals surface area contributed by atoms with Gasteiger partial charge in [-0.1, -0.05) is 12.1 Å². The van der Waals surface area contributed by atoms with Crippen molar-refractivity contribution in [3.63, 3.8) is 0 Å². The molecule has 0 unspecified atom stereocenters. The van der Waals surface area contributed by atoms with Crippen LogP contribution in [0.4, 0.5) is 0 Å². The Balaban J connectivity index is 1.79. The quantitative estimate of drug-likeness (QED) is 0.819. The number of carbonyl (C=O) groups is 1. The van der Waals surface area contributed by atoms with Crippen LogP contribution in [0.3, 0.4) is 0 Å². The van der Waals surface area contributed by atoms with Gasteiger partial charge in [0.1, 0.15) is 11.6 Å². The fourth-order valence-electron chi connectivity index (χ4n) is 3.24. The van der Waals surface area contributed by atoms with Crippen LogP contribution in [-0.4, -0.2) is 28.0 Å². The van der Waals surface area contributed by atoms with Gasteiger partial charge in [0.2, 0.25) is 0 Å². The van der Waals surface area contributed by atoms with Gasteiger partial charge in [-0.2, -0.15) is 0 Å². The molecule has 2 aromatic rings. The molecular weight excluding hydrogens is 264 g/mol. The topological polar surface area (TPSA) is 44.1 Å². The predicted molar refractivity (Wildman–Crippen MR) is 82.3 cm³/mol. The third-order valence-electron chi connectivity index (χ3n) is 4.62. The van der Waals surface area contributed by atoms with Gasteiger partial charge in [0.25, 0.3) is 0 Å². The summed E-state index contributed by atoms with van der Waals surface area (Å²) >= 11 is 0. The zero-order chi connectivity index (χ0) is 14.9. The molecule has 0 N–H and O–H groups in total. The van der Waals surface area contributed by atoms with Crippen molar-refractivity contribution in [2.75, 3.05) is 7.11 Å². The first-order chi connectivity index (χ1) is 10.2. The molecule has 1 heterocycles. The van der Waals surface area contributed by atoms with E-state index < -0.39 is 0 Å². The van der Waals surface area contributed by atoms with Crippen LogP contribution < -0.4 is 0 Å². The number of aromatic nitrogens is 2. The molecule has 0 spiro atoms. The number of ketones is 1. The van der Waals surface area contributed by atoms with E-state index in [4.69, 9.17) is 4.74 Å². The number of Topliss-reactive ketones (excluding diaryl/α,β-unsaturated/α-hetero) is 1. The lowest BCUT2D eigenvalue weighted by Gasteiger charge is -2.40. The van der Waals surface area contributed by atoms with Crippen molar-refractivity contribution < 1.29 is 9.53 Å². The summed E-state index contributed by atoms with van der Waals surface area (Å²) in [5, 5.41) is 0. The molecule has 4 heteroatoms. The molecule has 1 aromatic heterocycles. The Morgan fingerprint density at radius 3 is 2.76 bits per heavy atom. The van der Waals surface area contributed by atoms with Gasteiger partial charge in [-0.25, -0.2) is 4.98 Å². The number of benzene rings is 1. The highest BCUT2D eigenvalue weighted by molar-refractivity contribution is 5.83. The Bertz CT molecular complexity index is 650. The van der Waals surface area contributed by atoms with Crippen LogP contribution >= 0.6 is 0 Å². The van der Waals surface area contributed by atoms with E-state index >= 15 is 0 Å². The van der Waals surface area contributed by atoms with E-state index in [0.717, 1.165) is 42.7 Å².